The van der Waals surface area contributed by atoms with Crippen molar-refractivity contribution in [1.29, 1.82) is 0 Å². The number of ether oxygens (including phenoxy) is 1. The predicted octanol–water partition coefficient (Wildman–Crippen LogP) is 0.818. The number of hydrogen-bond acceptors (Lipinski definition) is 4. The van der Waals surface area contributed by atoms with Gasteiger partial charge in [-0.25, -0.2) is 4.79 Å². The lowest BCUT2D eigenvalue weighted by Gasteiger charge is -2.28. The number of hydrogen-bond donors (Lipinski definition) is 2. The Morgan fingerprint density at radius 3 is 2.93 bits per heavy atom. The van der Waals surface area contributed by atoms with E-state index < -0.39 is 12.1 Å². The van der Waals surface area contributed by atoms with Crippen LogP contribution in [0.15, 0.2) is 0 Å². The molecule has 15 heavy (non-hydrogen) atoms. The van der Waals surface area contributed by atoms with Gasteiger partial charge in [0.1, 0.15) is 6.10 Å². The molecule has 1 aliphatic rings. The van der Waals surface area contributed by atoms with Crippen molar-refractivity contribution in [3.05, 3.63) is 0 Å². The zero-order valence-corrected chi connectivity index (χ0v) is 9.32. The maximum atomic E-state index is 11.3. The van der Waals surface area contributed by atoms with E-state index in [-0.39, 0.29) is 12.6 Å². The fourth-order valence-corrected chi connectivity index (χ4v) is 2.06. The summed E-state index contributed by atoms with van der Waals surface area (Å²) in [6, 6.07) is 0. The standard InChI is InChI=1S/C11H21NO3/c1-2-8-4-3-5-9(6-8)15-11(14)10(13)7-12/h8-10,13H,2-7,12H2,1H3. The number of carbonyl (C=O) groups excluding carboxylic acids is 1. The van der Waals surface area contributed by atoms with Crippen LogP contribution in [0, 0.1) is 5.92 Å². The maximum absolute atomic E-state index is 11.3. The van der Waals surface area contributed by atoms with E-state index in [1.54, 1.807) is 0 Å². The lowest BCUT2D eigenvalue weighted by Crippen LogP contribution is -2.35. The Kier molecular flexibility index (Phi) is 5.05. The Bertz CT molecular complexity index is 208. The minimum Gasteiger partial charge on any atom is -0.460 e. The molecule has 0 amide bonds. The Balaban J connectivity index is 2.34. The van der Waals surface area contributed by atoms with Crippen LogP contribution in [0.5, 0.6) is 0 Å². The highest BCUT2D eigenvalue weighted by molar-refractivity contribution is 5.74. The quantitative estimate of drug-likeness (QED) is 0.681. The smallest absolute Gasteiger partial charge is 0.336 e. The predicted molar refractivity (Wildman–Crippen MR) is 57.2 cm³/mol. The number of nitrogens with two attached hydrogens (primary N) is 1. The van der Waals surface area contributed by atoms with Gasteiger partial charge in [0.2, 0.25) is 0 Å². The Morgan fingerprint density at radius 2 is 2.33 bits per heavy atom. The van der Waals surface area contributed by atoms with Gasteiger partial charge in [0.25, 0.3) is 0 Å². The topological polar surface area (TPSA) is 72.5 Å². The van der Waals surface area contributed by atoms with E-state index in [0.717, 1.165) is 25.7 Å². The van der Waals surface area contributed by atoms with Crippen LogP contribution in [0.4, 0.5) is 0 Å². The monoisotopic (exact) mass is 215 g/mol. The van der Waals surface area contributed by atoms with Crippen molar-refractivity contribution in [1.82, 2.24) is 0 Å². The van der Waals surface area contributed by atoms with E-state index in [1.165, 1.54) is 6.42 Å². The first-order valence-electron chi connectivity index (χ1n) is 5.76. The summed E-state index contributed by atoms with van der Waals surface area (Å²) < 4.78 is 5.21. The van der Waals surface area contributed by atoms with Gasteiger partial charge in [-0.1, -0.05) is 19.8 Å². The van der Waals surface area contributed by atoms with E-state index in [1.807, 2.05) is 0 Å². The normalized spacial score (nSPS) is 28.5. The summed E-state index contributed by atoms with van der Waals surface area (Å²) >= 11 is 0. The van der Waals surface area contributed by atoms with Crippen molar-refractivity contribution in [3.63, 3.8) is 0 Å². The first-order chi connectivity index (χ1) is 7.17. The van der Waals surface area contributed by atoms with Gasteiger partial charge in [-0.2, -0.15) is 0 Å². The van der Waals surface area contributed by atoms with Crippen molar-refractivity contribution in [2.24, 2.45) is 11.7 Å². The van der Waals surface area contributed by atoms with Crippen molar-refractivity contribution in [2.45, 2.75) is 51.2 Å². The molecule has 0 spiro atoms. The van der Waals surface area contributed by atoms with Gasteiger partial charge < -0.3 is 15.6 Å². The first-order valence-corrected chi connectivity index (χ1v) is 5.76. The molecule has 3 N–H and O–H groups in total. The average Bonchev–Trinajstić information content (AvgIpc) is 2.28. The molecule has 1 aliphatic carbocycles. The molecule has 1 rings (SSSR count). The third-order valence-corrected chi connectivity index (χ3v) is 3.09. The minimum absolute atomic E-state index is 0.0163. The van der Waals surface area contributed by atoms with E-state index in [2.05, 4.69) is 6.92 Å². The van der Waals surface area contributed by atoms with Gasteiger partial charge in [-0.05, 0) is 25.2 Å². The molecular weight excluding hydrogens is 194 g/mol. The van der Waals surface area contributed by atoms with Gasteiger partial charge in [-0.15, -0.1) is 0 Å². The molecule has 0 saturated heterocycles. The van der Waals surface area contributed by atoms with Gasteiger partial charge in [0.15, 0.2) is 6.10 Å². The van der Waals surface area contributed by atoms with Gasteiger partial charge in [0, 0.05) is 6.54 Å². The Morgan fingerprint density at radius 1 is 1.60 bits per heavy atom. The van der Waals surface area contributed by atoms with Gasteiger partial charge in [-0.3, -0.25) is 0 Å². The first kappa shape index (κ1) is 12.5. The maximum Gasteiger partial charge on any atom is 0.336 e. The van der Waals surface area contributed by atoms with Gasteiger partial charge in [0.05, 0.1) is 0 Å². The highest BCUT2D eigenvalue weighted by Gasteiger charge is 2.25. The summed E-state index contributed by atoms with van der Waals surface area (Å²) in [6.07, 6.45) is 4.13. The molecule has 0 aromatic rings. The number of aliphatic hydroxyl groups excluding tert-OH is 1. The van der Waals surface area contributed by atoms with Crippen molar-refractivity contribution in [2.75, 3.05) is 6.54 Å². The van der Waals surface area contributed by atoms with E-state index >= 15 is 0 Å². The van der Waals surface area contributed by atoms with Crippen LogP contribution in [0.2, 0.25) is 0 Å². The summed E-state index contributed by atoms with van der Waals surface area (Å²) in [4.78, 5) is 11.3. The zero-order valence-electron chi connectivity index (χ0n) is 9.32. The van der Waals surface area contributed by atoms with Crippen LogP contribution >= 0.6 is 0 Å². The third-order valence-electron chi connectivity index (χ3n) is 3.09. The van der Waals surface area contributed by atoms with Crippen LogP contribution in [-0.4, -0.2) is 29.8 Å². The summed E-state index contributed by atoms with van der Waals surface area (Å²) in [5.41, 5.74) is 5.18. The summed E-state index contributed by atoms with van der Waals surface area (Å²) in [7, 11) is 0. The van der Waals surface area contributed by atoms with Crippen LogP contribution < -0.4 is 5.73 Å². The average molecular weight is 215 g/mol. The minimum atomic E-state index is -1.16. The molecule has 4 nitrogen and oxygen atoms in total. The third kappa shape index (κ3) is 3.80. The molecule has 0 aromatic carbocycles. The molecule has 3 atom stereocenters. The Hall–Kier alpha value is -0.610. The number of rotatable bonds is 4. The van der Waals surface area contributed by atoms with E-state index in [4.69, 9.17) is 10.5 Å². The molecule has 0 aliphatic heterocycles. The molecule has 1 fully saturated rings. The van der Waals surface area contributed by atoms with E-state index in [0.29, 0.717) is 5.92 Å². The zero-order chi connectivity index (χ0) is 11.3. The molecule has 4 heteroatoms. The second kappa shape index (κ2) is 6.08. The van der Waals surface area contributed by atoms with Crippen molar-refractivity contribution in [3.8, 4) is 0 Å². The fraction of sp³-hybridized carbons (Fsp3) is 0.909. The lowest BCUT2D eigenvalue weighted by molar-refractivity contribution is -0.160. The largest absolute Gasteiger partial charge is 0.460 e. The molecule has 0 radical (unpaired) electrons. The number of carbonyl (C=O) groups is 1. The summed E-state index contributed by atoms with van der Waals surface area (Å²) in [5.74, 6) is 0.0887. The van der Waals surface area contributed by atoms with Crippen molar-refractivity contribution < 1.29 is 14.6 Å². The summed E-state index contributed by atoms with van der Waals surface area (Å²) in [5, 5.41) is 9.18. The molecular formula is C11H21NO3. The van der Waals surface area contributed by atoms with Crippen LogP contribution in [-0.2, 0) is 9.53 Å². The molecule has 0 aromatic heterocycles. The van der Waals surface area contributed by atoms with Crippen molar-refractivity contribution >= 4 is 5.97 Å². The molecule has 0 heterocycles. The lowest BCUT2D eigenvalue weighted by atomic mass is 9.85. The molecule has 0 bridgehead atoms. The SMILES string of the molecule is CCC1CCCC(OC(=O)C(O)CN)C1. The highest BCUT2D eigenvalue weighted by atomic mass is 16.6. The number of aliphatic hydroxyl groups is 1. The van der Waals surface area contributed by atoms with E-state index in [9.17, 15) is 9.90 Å². The highest BCUT2D eigenvalue weighted by Crippen LogP contribution is 2.28. The molecule has 1 saturated carbocycles. The van der Waals surface area contributed by atoms with Crippen LogP contribution in [0.1, 0.15) is 39.0 Å². The van der Waals surface area contributed by atoms with Gasteiger partial charge >= 0.3 is 5.97 Å². The molecule has 3 unspecified atom stereocenters. The summed E-state index contributed by atoms with van der Waals surface area (Å²) in [6.45, 7) is 2.09. The fourth-order valence-electron chi connectivity index (χ4n) is 2.06. The Labute approximate surface area is 90.8 Å². The van der Waals surface area contributed by atoms with Crippen LogP contribution in [0.3, 0.4) is 0 Å². The molecule has 88 valence electrons. The second-order valence-corrected chi connectivity index (χ2v) is 4.25. The number of esters is 1. The van der Waals surface area contributed by atoms with Crippen LogP contribution in [0.25, 0.3) is 0 Å². The second-order valence-electron chi connectivity index (χ2n) is 4.25.